The van der Waals surface area contributed by atoms with Gasteiger partial charge in [0, 0.05) is 23.2 Å². The van der Waals surface area contributed by atoms with Gasteiger partial charge in [-0.1, -0.05) is 29.8 Å². The molecule has 0 saturated carbocycles. The molecule has 1 amide bonds. The summed E-state index contributed by atoms with van der Waals surface area (Å²) < 4.78 is 6.36. The maximum absolute atomic E-state index is 11.8. The SMILES string of the molecule is Cc1cc(Br)ccc1NCC(CNC(=O)OC(C)(C)C)C(C)C. The molecule has 0 saturated heterocycles. The summed E-state index contributed by atoms with van der Waals surface area (Å²) in [7, 11) is 0. The van der Waals surface area contributed by atoms with Gasteiger partial charge >= 0.3 is 6.09 Å². The Morgan fingerprint density at radius 1 is 1.26 bits per heavy atom. The number of halogens is 1. The summed E-state index contributed by atoms with van der Waals surface area (Å²) in [5.74, 6) is 0.777. The Balaban J connectivity index is 2.54. The van der Waals surface area contributed by atoms with E-state index in [0.29, 0.717) is 18.4 Å². The minimum atomic E-state index is -0.468. The van der Waals surface area contributed by atoms with Gasteiger partial charge in [-0.3, -0.25) is 0 Å². The lowest BCUT2D eigenvalue weighted by molar-refractivity contribution is 0.0516. The van der Waals surface area contributed by atoms with E-state index in [9.17, 15) is 4.79 Å². The van der Waals surface area contributed by atoms with Gasteiger partial charge in [0.25, 0.3) is 0 Å². The van der Waals surface area contributed by atoms with Crippen LogP contribution in [0.3, 0.4) is 0 Å². The molecule has 0 heterocycles. The van der Waals surface area contributed by atoms with Crippen LogP contribution in [0.25, 0.3) is 0 Å². The van der Waals surface area contributed by atoms with Crippen molar-refractivity contribution in [1.29, 1.82) is 0 Å². The number of anilines is 1. The van der Waals surface area contributed by atoms with E-state index in [1.54, 1.807) is 0 Å². The van der Waals surface area contributed by atoms with Gasteiger partial charge in [-0.05, 0) is 63.3 Å². The normalized spacial score (nSPS) is 12.9. The molecule has 0 aliphatic carbocycles. The van der Waals surface area contributed by atoms with Crippen molar-refractivity contribution in [3.8, 4) is 0 Å². The Morgan fingerprint density at radius 2 is 1.91 bits per heavy atom. The van der Waals surface area contributed by atoms with E-state index < -0.39 is 5.60 Å². The molecule has 1 aromatic rings. The minimum Gasteiger partial charge on any atom is -0.444 e. The fourth-order valence-electron chi connectivity index (χ4n) is 2.14. The van der Waals surface area contributed by atoms with E-state index in [2.05, 4.69) is 59.5 Å². The highest BCUT2D eigenvalue weighted by Gasteiger charge is 2.19. The number of nitrogens with one attached hydrogen (secondary N) is 2. The molecular weight excluding hydrogens is 356 g/mol. The molecular formula is C18H29BrN2O2. The summed E-state index contributed by atoms with van der Waals surface area (Å²) in [5.41, 5.74) is 1.85. The molecule has 0 spiro atoms. The van der Waals surface area contributed by atoms with E-state index in [1.807, 2.05) is 26.8 Å². The van der Waals surface area contributed by atoms with Crippen LogP contribution in [0.4, 0.5) is 10.5 Å². The fraction of sp³-hybridized carbons (Fsp3) is 0.611. The van der Waals surface area contributed by atoms with E-state index >= 15 is 0 Å². The quantitative estimate of drug-likeness (QED) is 0.727. The molecule has 1 rings (SSSR count). The fourth-order valence-corrected chi connectivity index (χ4v) is 2.61. The molecule has 0 aliphatic heterocycles. The van der Waals surface area contributed by atoms with Gasteiger partial charge < -0.3 is 15.4 Å². The first-order valence-corrected chi connectivity index (χ1v) is 8.84. The van der Waals surface area contributed by atoms with Gasteiger partial charge in [0.1, 0.15) is 5.60 Å². The monoisotopic (exact) mass is 384 g/mol. The van der Waals surface area contributed by atoms with Crippen molar-refractivity contribution < 1.29 is 9.53 Å². The van der Waals surface area contributed by atoms with Gasteiger partial charge in [0.15, 0.2) is 0 Å². The molecule has 5 heteroatoms. The van der Waals surface area contributed by atoms with Crippen molar-refractivity contribution in [2.24, 2.45) is 11.8 Å². The molecule has 23 heavy (non-hydrogen) atoms. The van der Waals surface area contributed by atoms with E-state index in [4.69, 9.17) is 4.74 Å². The van der Waals surface area contributed by atoms with Crippen LogP contribution in [0.15, 0.2) is 22.7 Å². The summed E-state index contributed by atoms with van der Waals surface area (Å²) in [6.45, 7) is 13.4. The Bertz CT molecular complexity index is 524. The van der Waals surface area contributed by atoms with Gasteiger partial charge in [-0.2, -0.15) is 0 Å². The van der Waals surface area contributed by atoms with Crippen LogP contribution in [0.2, 0.25) is 0 Å². The van der Waals surface area contributed by atoms with Crippen molar-refractivity contribution >= 4 is 27.7 Å². The minimum absolute atomic E-state index is 0.325. The van der Waals surface area contributed by atoms with Gasteiger partial charge in [0.05, 0.1) is 0 Å². The summed E-state index contributed by atoms with van der Waals surface area (Å²) in [5, 5.41) is 6.35. The largest absolute Gasteiger partial charge is 0.444 e. The predicted octanol–water partition coefficient (Wildman–Crippen LogP) is 4.97. The molecule has 2 N–H and O–H groups in total. The zero-order chi connectivity index (χ0) is 17.6. The number of rotatable bonds is 6. The number of aryl methyl sites for hydroxylation is 1. The molecule has 1 aromatic carbocycles. The maximum atomic E-state index is 11.8. The number of carbonyl (C=O) groups is 1. The molecule has 0 fully saturated rings. The predicted molar refractivity (Wildman–Crippen MR) is 99.9 cm³/mol. The third-order valence-electron chi connectivity index (χ3n) is 3.59. The van der Waals surface area contributed by atoms with E-state index in [-0.39, 0.29) is 6.09 Å². The van der Waals surface area contributed by atoms with E-state index in [1.165, 1.54) is 5.56 Å². The van der Waals surface area contributed by atoms with Crippen LogP contribution >= 0.6 is 15.9 Å². The number of alkyl carbamates (subject to hydrolysis) is 1. The molecule has 1 atom stereocenters. The van der Waals surface area contributed by atoms with Crippen molar-refractivity contribution in [2.75, 3.05) is 18.4 Å². The zero-order valence-corrected chi connectivity index (χ0v) is 16.6. The Kier molecular flexibility index (Phi) is 7.39. The van der Waals surface area contributed by atoms with Crippen molar-refractivity contribution in [3.63, 3.8) is 0 Å². The van der Waals surface area contributed by atoms with Crippen LogP contribution in [-0.2, 0) is 4.74 Å². The second-order valence-electron chi connectivity index (χ2n) is 7.23. The smallest absolute Gasteiger partial charge is 0.407 e. The Hall–Kier alpha value is -1.23. The number of hydrogen-bond donors (Lipinski definition) is 2. The average Bonchev–Trinajstić information content (AvgIpc) is 2.38. The zero-order valence-electron chi connectivity index (χ0n) is 15.0. The number of hydrogen-bond acceptors (Lipinski definition) is 3. The standard InChI is InChI=1S/C18H29BrN2O2/c1-12(2)14(11-21-17(22)23-18(4,5)6)10-20-16-8-7-15(19)9-13(16)3/h7-9,12,14,20H,10-11H2,1-6H3,(H,21,22). The summed E-state index contributed by atoms with van der Waals surface area (Å²) >= 11 is 3.48. The lowest BCUT2D eigenvalue weighted by Gasteiger charge is -2.25. The van der Waals surface area contributed by atoms with Crippen LogP contribution in [-0.4, -0.2) is 24.8 Å². The number of amides is 1. The molecule has 0 bridgehead atoms. The van der Waals surface area contributed by atoms with Crippen LogP contribution in [0.1, 0.15) is 40.2 Å². The van der Waals surface area contributed by atoms with Crippen LogP contribution < -0.4 is 10.6 Å². The molecule has 130 valence electrons. The third-order valence-corrected chi connectivity index (χ3v) is 4.09. The van der Waals surface area contributed by atoms with Crippen molar-refractivity contribution in [3.05, 3.63) is 28.2 Å². The second kappa shape index (κ2) is 8.57. The Morgan fingerprint density at radius 3 is 2.43 bits per heavy atom. The molecule has 1 unspecified atom stereocenters. The van der Waals surface area contributed by atoms with Gasteiger partial charge in [0.2, 0.25) is 0 Å². The summed E-state index contributed by atoms with van der Waals surface area (Å²) in [4.78, 5) is 11.8. The topological polar surface area (TPSA) is 50.4 Å². The summed E-state index contributed by atoms with van der Waals surface area (Å²) in [6.07, 6.45) is -0.358. The second-order valence-corrected chi connectivity index (χ2v) is 8.14. The molecule has 4 nitrogen and oxygen atoms in total. The summed E-state index contributed by atoms with van der Waals surface area (Å²) in [6, 6.07) is 6.18. The molecule has 0 aliphatic rings. The lowest BCUT2D eigenvalue weighted by Crippen LogP contribution is -2.38. The van der Waals surface area contributed by atoms with E-state index in [0.717, 1.165) is 16.7 Å². The van der Waals surface area contributed by atoms with Crippen molar-refractivity contribution in [2.45, 2.75) is 47.1 Å². The molecule has 0 radical (unpaired) electrons. The number of benzene rings is 1. The van der Waals surface area contributed by atoms with Gasteiger partial charge in [-0.25, -0.2) is 4.79 Å². The number of ether oxygens (including phenoxy) is 1. The maximum Gasteiger partial charge on any atom is 0.407 e. The first kappa shape index (κ1) is 19.8. The first-order chi connectivity index (χ1) is 10.6. The highest BCUT2D eigenvalue weighted by Crippen LogP contribution is 2.21. The van der Waals surface area contributed by atoms with Crippen molar-refractivity contribution in [1.82, 2.24) is 5.32 Å². The van der Waals surface area contributed by atoms with Crippen LogP contribution in [0, 0.1) is 18.8 Å². The van der Waals surface area contributed by atoms with Gasteiger partial charge in [-0.15, -0.1) is 0 Å². The highest BCUT2D eigenvalue weighted by atomic mass is 79.9. The average molecular weight is 385 g/mol. The highest BCUT2D eigenvalue weighted by molar-refractivity contribution is 9.10. The Labute approximate surface area is 148 Å². The number of carbonyl (C=O) groups excluding carboxylic acids is 1. The van der Waals surface area contributed by atoms with Crippen LogP contribution in [0.5, 0.6) is 0 Å². The lowest BCUT2D eigenvalue weighted by atomic mass is 9.95. The first-order valence-electron chi connectivity index (χ1n) is 8.05. The molecule has 0 aromatic heterocycles. The third kappa shape index (κ3) is 7.73.